The van der Waals surface area contributed by atoms with Gasteiger partial charge in [-0.2, -0.15) is 0 Å². The summed E-state index contributed by atoms with van der Waals surface area (Å²) in [5.41, 5.74) is 0. The van der Waals surface area contributed by atoms with Gasteiger partial charge in [0.25, 0.3) is 0 Å². The number of amides is 2. The predicted octanol–water partition coefficient (Wildman–Crippen LogP) is -2.71. The van der Waals surface area contributed by atoms with E-state index in [1.165, 1.54) is 0 Å². The van der Waals surface area contributed by atoms with Crippen LogP contribution >= 0.6 is 0 Å². The van der Waals surface area contributed by atoms with Crippen LogP contribution in [0.15, 0.2) is 0 Å². The van der Waals surface area contributed by atoms with Gasteiger partial charge in [-0.05, 0) is 0 Å². The summed E-state index contributed by atoms with van der Waals surface area (Å²) in [6, 6.07) is -1.05. The summed E-state index contributed by atoms with van der Waals surface area (Å²) in [5.74, 6) is -2.18. The standard InChI is InChI=1S/C10H15N3O5/c14-8-2-11-6(1-12-8)9(15)13-7-4-18-3-5(7)10(16)17/h5-7,11H,1-4H2,(H,12,14)(H,13,15)(H,16,17). The van der Waals surface area contributed by atoms with Crippen molar-refractivity contribution in [3.05, 3.63) is 0 Å². The molecule has 2 aliphatic rings. The Kier molecular flexibility index (Phi) is 3.78. The summed E-state index contributed by atoms with van der Waals surface area (Å²) in [5, 5.41) is 16.9. The Labute approximate surface area is 103 Å². The summed E-state index contributed by atoms with van der Waals surface area (Å²) in [6.45, 7) is 0.592. The third-order valence-electron chi connectivity index (χ3n) is 3.05. The van der Waals surface area contributed by atoms with Crippen molar-refractivity contribution in [1.29, 1.82) is 0 Å². The van der Waals surface area contributed by atoms with Crippen LogP contribution in [-0.4, -0.2) is 61.3 Å². The lowest BCUT2D eigenvalue weighted by atomic mass is 10.0. The van der Waals surface area contributed by atoms with Gasteiger partial charge in [-0.15, -0.1) is 0 Å². The van der Waals surface area contributed by atoms with Gasteiger partial charge in [0.1, 0.15) is 12.0 Å². The van der Waals surface area contributed by atoms with Gasteiger partial charge >= 0.3 is 5.97 Å². The maximum Gasteiger partial charge on any atom is 0.311 e. The second-order valence-electron chi connectivity index (χ2n) is 4.33. The molecule has 3 atom stereocenters. The zero-order chi connectivity index (χ0) is 13.1. The highest BCUT2D eigenvalue weighted by molar-refractivity contribution is 5.87. The van der Waals surface area contributed by atoms with Crippen LogP contribution in [0.5, 0.6) is 0 Å². The number of ether oxygens (including phenoxy) is 1. The van der Waals surface area contributed by atoms with Gasteiger partial charge in [0.05, 0.1) is 25.8 Å². The Bertz CT molecular complexity index is 363. The molecule has 0 bridgehead atoms. The lowest BCUT2D eigenvalue weighted by Gasteiger charge is -2.25. The van der Waals surface area contributed by atoms with Crippen LogP contribution in [0.25, 0.3) is 0 Å². The zero-order valence-electron chi connectivity index (χ0n) is 9.64. The number of carboxylic acids is 1. The van der Waals surface area contributed by atoms with E-state index in [9.17, 15) is 14.4 Å². The Morgan fingerprint density at radius 1 is 1.39 bits per heavy atom. The number of hydrogen-bond donors (Lipinski definition) is 4. The van der Waals surface area contributed by atoms with Gasteiger partial charge < -0.3 is 20.5 Å². The summed E-state index contributed by atoms with van der Waals surface area (Å²) in [7, 11) is 0. The van der Waals surface area contributed by atoms with Crippen molar-refractivity contribution in [3.8, 4) is 0 Å². The molecule has 2 amide bonds. The first-order valence-electron chi connectivity index (χ1n) is 5.69. The van der Waals surface area contributed by atoms with Crippen molar-refractivity contribution in [2.24, 2.45) is 5.92 Å². The van der Waals surface area contributed by atoms with E-state index in [2.05, 4.69) is 16.0 Å². The van der Waals surface area contributed by atoms with Gasteiger partial charge in [0, 0.05) is 6.54 Å². The molecular formula is C10H15N3O5. The van der Waals surface area contributed by atoms with Gasteiger partial charge in [-0.1, -0.05) is 0 Å². The molecule has 8 heteroatoms. The summed E-state index contributed by atoms with van der Waals surface area (Å²) < 4.78 is 5.05. The van der Waals surface area contributed by atoms with Crippen LogP contribution in [-0.2, 0) is 19.1 Å². The van der Waals surface area contributed by atoms with E-state index in [4.69, 9.17) is 9.84 Å². The lowest BCUT2D eigenvalue weighted by molar-refractivity contribution is -0.142. The molecule has 0 radical (unpaired) electrons. The number of carbonyl (C=O) groups is 3. The molecule has 18 heavy (non-hydrogen) atoms. The van der Waals surface area contributed by atoms with E-state index in [1.807, 2.05) is 0 Å². The van der Waals surface area contributed by atoms with Crippen molar-refractivity contribution >= 4 is 17.8 Å². The average molecular weight is 257 g/mol. The smallest absolute Gasteiger partial charge is 0.311 e. The van der Waals surface area contributed by atoms with Gasteiger partial charge in [-0.3, -0.25) is 19.7 Å². The fraction of sp³-hybridized carbons (Fsp3) is 0.700. The number of aliphatic carboxylic acids is 1. The fourth-order valence-corrected chi connectivity index (χ4v) is 1.98. The SMILES string of the molecule is O=C1CNC(C(=O)NC2COCC2C(=O)O)CN1. The molecule has 0 aromatic rings. The highest BCUT2D eigenvalue weighted by atomic mass is 16.5. The molecule has 4 N–H and O–H groups in total. The summed E-state index contributed by atoms with van der Waals surface area (Å²) in [6.07, 6.45) is 0. The second kappa shape index (κ2) is 5.32. The minimum absolute atomic E-state index is 0.0849. The first-order valence-corrected chi connectivity index (χ1v) is 5.69. The molecule has 8 nitrogen and oxygen atoms in total. The first kappa shape index (κ1) is 12.8. The molecule has 2 aliphatic heterocycles. The maximum absolute atomic E-state index is 11.9. The highest BCUT2D eigenvalue weighted by Gasteiger charge is 2.36. The van der Waals surface area contributed by atoms with Crippen LogP contribution in [0.2, 0.25) is 0 Å². The molecule has 0 spiro atoms. The van der Waals surface area contributed by atoms with Crippen molar-refractivity contribution < 1.29 is 24.2 Å². The lowest BCUT2D eigenvalue weighted by Crippen LogP contribution is -2.60. The van der Waals surface area contributed by atoms with E-state index >= 15 is 0 Å². The maximum atomic E-state index is 11.9. The molecule has 0 aromatic carbocycles. The molecule has 2 fully saturated rings. The van der Waals surface area contributed by atoms with Crippen LogP contribution in [0, 0.1) is 5.92 Å². The minimum Gasteiger partial charge on any atom is -0.481 e. The third-order valence-corrected chi connectivity index (χ3v) is 3.05. The number of carbonyl (C=O) groups excluding carboxylic acids is 2. The van der Waals surface area contributed by atoms with Crippen LogP contribution in [0.4, 0.5) is 0 Å². The van der Waals surface area contributed by atoms with Crippen molar-refractivity contribution in [2.45, 2.75) is 12.1 Å². The molecule has 100 valence electrons. The van der Waals surface area contributed by atoms with E-state index in [0.717, 1.165) is 0 Å². The number of hydrogen-bond acceptors (Lipinski definition) is 5. The number of nitrogens with one attached hydrogen (secondary N) is 3. The average Bonchev–Trinajstić information content (AvgIpc) is 2.78. The normalized spacial score (nSPS) is 31.8. The van der Waals surface area contributed by atoms with Crippen molar-refractivity contribution in [1.82, 2.24) is 16.0 Å². The molecule has 2 heterocycles. The van der Waals surface area contributed by atoms with Crippen molar-refractivity contribution in [2.75, 3.05) is 26.3 Å². The fourth-order valence-electron chi connectivity index (χ4n) is 1.98. The van der Waals surface area contributed by atoms with E-state index in [1.54, 1.807) is 0 Å². The Balaban J connectivity index is 1.87. The number of piperazine rings is 1. The molecular weight excluding hydrogens is 242 g/mol. The number of rotatable bonds is 3. The quantitative estimate of drug-likeness (QED) is 0.437. The molecule has 2 rings (SSSR count). The largest absolute Gasteiger partial charge is 0.481 e. The second-order valence-corrected chi connectivity index (χ2v) is 4.33. The summed E-state index contributed by atoms with van der Waals surface area (Å²) in [4.78, 5) is 33.7. The topological polar surface area (TPSA) is 117 Å². The minimum atomic E-state index is -0.984. The summed E-state index contributed by atoms with van der Waals surface area (Å²) >= 11 is 0. The predicted molar refractivity (Wildman–Crippen MR) is 58.7 cm³/mol. The highest BCUT2D eigenvalue weighted by Crippen LogP contribution is 2.13. The molecule has 0 aromatic heterocycles. The monoisotopic (exact) mass is 257 g/mol. The molecule has 0 saturated carbocycles. The number of carboxylic acid groups (broad SMARTS) is 1. The van der Waals surface area contributed by atoms with E-state index in [0.29, 0.717) is 0 Å². The third kappa shape index (κ3) is 2.77. The van der Waals surface area contributed by atoms with E-state index in [-0.39, 0.29) is 38.1 Å². The van der Waals surface area contributed by atoms with Gasteiger partial charge in [0.2, 0.25) is 11.8 Å². The Morgan fingerprint density at radius 2 is 2.17 bits per heavy atom. The molecule has 2 saturated heterocycles. The van der Waals surface area contributed by atoms with Crippen LogP contribution < -0.4 is 16.0 Å². The Hall–Kier alpha value is -1.67. The van der Waals surface area contributed by atoms with Gasteiger partial charge in [0.15, 0.2) is 0 Å². The van der Waals surface area contributed by atoms with Gasteiger partial charge in [-0.25, -0.2) is 0 Å². The Morgan fingerprint density at radius 3 is 2.78 bits per heavy atom. The molecule has 0 aliphatic carbocycles. The molecule has 3 unspecified atom stereocenters. The van der Waals surface area contributed by atoms with Crippen LogP contribution in [0.1, 0.15) is 0 Å². The van der Waals surface area contributed by atoms with Crippen molar-refractivity contribution in [3.63, 3.8) is 0 Å². The van der Waals surface area contributed by atoms with Crippen LogP contribution in [0.3, 0.4) is 0 Å². The zero-order valence-corrected chi connectivity index (χ0v) is 9.64. The first-order chi connectivity index (χ1) is 8.58. The van der Waals surface area contributed by atoms with E-state index < -0.39 is 24.0 Å².